The first-order valence-corrected chi connectivity index (χ1v) is 6.93. The minimum Gasteiger partial charge on any atom is -0.361 e. The largest absolute Gasteiger partial charge is 0.361 e. The molecule has 0 aliphatic heterocycles. The Morgan fingerprint density at radius 2 is 1.95 bits per heavy atom. The van der Waals surface area contributed by atoms with Crippen LogP contribution in [0.3, 0.4) is 0 Å². The normalized spacial score (nSPS) is 10.8. The Balaban J connectivity index is 1.65. The highest BCUT2D eigenvalue weighted by Crippen LogP contribution is 2.20. The molecule has 0 spiro atoms. The number of rotatable bonds is 4. The van der Waals surface area contributed by atoms with E-state index in [0.717, 1.165) is 28.6 Å². The van der Waals surface area contributed by atoms with Crippen LogP contribution in [-0.2, 0) is 11.2 Å². The number of halogens is 2. The first kappa shape index (κ1) is 14.3. The number of anilines is 1. The predicted molar refractivity (Wildman–Crippen MR) is 81.6 cm³/mol. The van der Waals surface area contributed by atoms with Gasteiger partial charge in [-0.25, -0.2) is 8.78 Å². The number of hydrogen-bond donors (Lipinski definition) is 2. The zero-order valence-electron chi connectivity index (χ0n) is 11.7. The number of hydrogen-bond acceptors (Lipinski definition) is 1. The van der Waals surface area contributed by atoms with Crippen molar-refractivity contribution in [2.75, 3.05) is 5.32 Å². The van der Waals surface area contributed by atoms with Crippen LogP contribution in [0, 0.1) is 11.6 Å². The van der Waals surface area contributed by atoms with Gasteiger partial charge in [0.15, 0.2) is 0 Å². The van der Waals surface area contributed by atoms with E-state index in [0.29, 0.717) is 6.42 Å². The van der Waals surface area contributed by atoms with Crippen molar-refractivity contribution in [1.29, 1.82) is 0 Å². The van der Waals surface area contributed by atoms with E-state index in [4.69, 9.17) is 0 Å². The second kappa shape index (κ2) is 5.97. The Bertz CT molecular complexity index is 826. The standard InChI is InChI=1S/C17H14F2N2O/c18-12-6-7-16(14(19)9-12)21-17(22)8-5-11-10-20-15-4-2-1-3-13(11)15/h1-4,6-7,9-10,20H,5,8H2,(H,21,22). The van der Waals surface area contributed by atoms with E-state index in [2.05, 4.69) is 10.3 Å². The number of aryl methyl sites for hydroxylation is 1. The summed E-state index contributed by atoms with van der Waals surface area (Å²) in [5.41, 5.74) is 2.04. The molecule has 0 saturated carbocycles. The van der Waals surface area contributed by atoms with Crippen LogP contribution in [0.2, 0.25) is 0 Å². The van der Waals surface area contributed by atoms with Crippen LogP contribution < -0.4 is 5.32 Å². The first-order valence-electron chi connectivity index (χ1n) is 6.93. The zero-order chi connectivity index (χ0) is 15.5. The smallest absolute Gasteiger partial charge is 0.224 e. The number of aromatic nitrogens is 1. The third-order valence-electron chi connectivity index (χ3n) is 3.50. The van der Waals surface area contributed by atoms with Crippen LogP contribution in [-0.4, -0.2) is 10.9 Å². The van der Waals surface area contributed by atoms with Gasteiger partial charge in [0.2, 0.25) is 5.91 Å². The quantitative estimate of drug-likeness (QED) is 0.751. The monoisotopic (exact) mass is 300 g/mol. The molecule has 0 fully saturated rings. The van der Waals surface area contributed by atoms with E-state index in [1.54, 1.807) is 0 Å². The summed E-state index contributed by atoms with van der Waals surface area (Å²) in [7, 11) is 0. The molecule has 3 aromatic rings. The number of aromatic amines is 1. The molecule has 1 heterocycles. The third kappa shape index (κ3) is 2.98. The van der Waals surface area contributed by atoms with Gasteiger partial charge in [0.05, 0.1) is 5.69 Å². The number of benzene rings is 2. The van der Waals surface area contributed by atoms with Crippen LogP contribution >= 0.6 is 0 Å². The Kier molecular flexibility index (Phi) is 3.87. The van der Waals surface area contributed by atoms with Gasteiger partial charge in [-0.05, 0) is 30.2 Å². The van der Waals surface area contributed by atoms with Crippen molar-refractivity contribution < 1.29 is 13.6 Å². The maximum Gasteiger partial charge on any atom is 0.224 e. The van der Waals surface area contributed by atoms with Crippen LogP contribution in [0.4, 0.5) is 14.5 Å². The van der Waals surface area contributed by atoms with Crippen LogP contribution in [0.5, 0.6) is 0 Å². The molecule has 3 nitrogen and oxygen atoms in total. The maximum absolute atomic E-state index is 13.5. The van der Waals surface area contributed by atoms with Crippen LogP contribution in [0.1, 0.15) is 12.0 Å². The lowest BCUT2D eigenvalue weighted by Gasteiger charge is -2.06. The van der Waals surface area contributed by atoms with E-state index in [1.165, 1.54) is 6.07 Å². The highest BCUT2D eigenvalue weighted by molar-refractivity contribution is 5.91. The average Bonchev–Trinajstić information content (AvgIpc) is 2.91. The molecule has 22 heavy (non-hydrogen) atoms. The summed E-state index contributed by atoms with van der Waals surface area (Å²) in [6.07, 6.45) is 2.63. The highest BCUT2D eigenvalue weighted by atomic mass is 19.1. The predicted octanol–water partition coefficient (Wildman–Crippen LogP) is 4.02. The van der Waals surface area contributed by atoms with E-state index in [-0.39, 0.29) is 18.0 Å². The van der Waals surface area contributed by atoms with Crippen LogP contribution in [0.15, 0.2) is 48.7 Å². The summed E-state index contributed by atoms with van der Waals surface area (Å²) in [5.74, 6) is -1.76. The second-order valence-electron chi connectivity index (χ2n) is 5.03. The van der Waals surface area contributed by atoms with Gasteiger partial charge in [-0.3, -0.25) is 4.79 Å². The van der Waals surface area contributed by atoms with E-state index in [9.17, 15) is 13.6 Å². The maximum atomic E-state index is 13.5. The Morgan fingerprint density at radius 1 is 1.14 bits per heavy atom. The van der Waals surface area contributed by atoms with Gasteiger partial charge in [-0.15, -0.1) is 0 Å². The van der Waals surface area contributed by atoms with Crippen molar-refractivity contribution in [2.45, 2.75) is 12.8 Å². The Morgan fingerprint density at radius 3 is 2.77 bits per heavy atom. The number of H-pyrrole nitrogens is 1. The number of para-hydroxylation sites is 1. The third-order valence-corrected chi connectivity index (χ3v) is 3.50. The Hall–Kier alpha value is -2.69. The van der Waals surface area contributed by atoms with Gasteiger partial charge in [0.25, 0.3) is 0 Å². The molecule has 3 rings (SSSR count). The minimum absolute atomic E-state index is 0.00896. The van der Waals surface area contributed by atoms with E-state index in [1.807, 2.05) is 30.5 Å². The van der Waals surface area contributed by atoms with E-state index < -0.39 is 11.6 Å². The molecule has 1 aromatic heterocycles. The van der Waals surface area contributed by atoms with Crippen molar-refractivity contribution in [1.82, 2.24) is 4.98 Å². The van der Waals surface area contributed by atoms with Gasteiger partial charge < -0.3 is 10.3 Å². The molecule has 0 aliphatic carbocycles. The second-order valence-corrected chi connectivity index (χ2v) is 5.03. The SMILES string of the molecule is O=C(CCc1c[nH]c2ccccc12)Nc1ccc(F)cc1F. The van der Waals surface area contributed by atoms with Crippen molar-refractivity contribution in [3.8, 4) is 0 Å². The average molecular weight is 300 g/mol. The summed E-state index contributed by atoms with van der Waals surface area (Å²) in [6.45, 7) is 0. The number of carbonyl (C=O) groups excluding carboxylic acids is 1. The lowest BCUT2D eigenvalue weighted by atomic mass is 10.1. The molecule has 0 radical (unpaired) electrons. The summed E-state index contributed by atoms with van der Waals surface area (Å²) < 4.78 is 26.3. The molecule has 0 saturated heterocycles. The highest BCUT2D eigenvalue weighted by Gasteiger charge is 2.10. The zero-order valence-corrected chi connectivity index (χ0v) is 11.7. The molecule has 2 aromatic carbocycles. The molecule has 5 heteroatoms. The van der Waals surface area contributed by atoms with E-state index >= 15 is 0 Å². The molecule has 0 unspecified atom stereocenters. The Labute approximate surface area is 126 Å². The van der Waals surface area contributed by atoms with Gasteiger partial charge >= 0.3 is 0 Å². The topological polar surface area (TPSA) is 44.9 Å². The number of carbonyl (C=O) groups is 1. The fourth-order valence-electron chi connectivity index (χ4n) is 2.39. The van der Waals surface area contributed by atoms with Gasteiger partial charge in [-0.2, -0.15) is 0 Å². The van der Waals surface area contributed by atoms with Gasteiger partial charge in [-0.1, -0.05) is 18.2 Å². The summed E-state index contributed by atoms with van der Waals surface area (Å²) in [5, 5.41) is 3.53. The fourth-order valence-corrected chi connectivity index (χ4v) is 2.39. The molecule has 0 aliphatic rings. The fraction of sp³-hybridized carbons (Fsp3) is 0.118. The lowest BCUT2D eigenvalue weighted by molar-refractivity contribution is -0.116. The summed E-state index contributed by atoms with van der Waals surface area (Å²) in [6, 6.07) is 10.9. The lowest BCUT2D eigenvalue weighted by Crippen LogP contribution is -2.13. The number of nitrogens with one attached hydrogen (secondary N) is 2. The van der Waals surface area contributed by atoms with Crippen LogP contribution in [0.25, 0.3) is 10.9 Å². The van der Waals surface area contributed by atoms with Crippen molar-refractivity contribution >= 4 is 22.5 Å². The molecule has 1 amide bonds. The van der Waals surface area contributed by atoms with Crippen molar-refractivity contribution in [3.63, 3.8) is 0 Å². The molecule has 2 N–H and O–H groups in total. The van der Waals surface area contributed by atoms with Gasteiger partial charge in [0, 0.05) is 29.6 Å². The summed E-state index contributed by atoms with van der Waals surface area (Å²) >= 11 is 0. The number of amides is 1. The summed E-state index contributed by atoms with van der Waals surface area (Å²) in [4.78, 5) is 15.0. The van der Waals surface area contributed by atoms with Crippen molar-refractivity contribution in [3.05, 3.63) is 65.9 Å². The molecular weight excluding hydrogens is 286 g/mol. The van der Waals surface area contributed by atoms with Crippen molar-refractivity contribution in [2.24, 2.45) is 0 Å². The number of fused-ring (bicyclic) bond motifs is 1. The minimum atomic E-state index is -0.777. The molecule has 0 bridgehead atoms. The molecular formula is C17H14F2N2O. The first-order chi connectivity index (χ1) is 10.6. The molecule has 112 valence electrons. The van der Waals surface area contributed by atoms with Gasteiger partial charge in [0.1, 0.15) is 11.6 Å². The molecule has 0 atom stereocenters.